The highest BCUT2D eigenvalue weighted by atomic mass is 35.5. The minimum Gasteiger partial charge on any atom is -0.490 e. The van der Waals surface area contributed by atoms with Crippen molar-refractivity contribution in [1.29, 1.82) is 0 Å². The van der Waals surface area contributed by atoms with Crippen molar-refractivity contribution in [2.45, 2.75) is 26.9 Å². The maximum atomic E-state index is 12.9. The van der Waals surface area contributed by atoms with Crippen LogP contribution in [0.1, 0.15) is 36.2 Å². The van der Waals surface area contributed by atoms with Crippen LogP contribution in [0.15, 0.2) is 55.0 Å². The van der Waals surface area contributed by atoms with Crippen LogP contribution in [0.2, 0.25) is 5.02 Å². The molecule has 0 saturated heterocycles. The van der Waals surface area contributed by atoms with Gasteiger partial charge in [0.1, 0.15) is 6.61 Å². The molecular weight excluding hydrogens is 418 g/mol. The van der Waals surface area contributed by atoms with E-state index in [1.165, 1.54) is 0 Å². The lowest BCUT2D eigenvalue weighted by molar-refractivity contribution is 0.102. The number of carbonyl (C=O) groups excluding carboxylic acids is 1. The molecule has 3 rings (SSSR count). The van der Waals surface area contributed by atoms with Crippen molar-refractivity contribution in [2.75, 3.05) is 18.5 Å². The van der Waals surface area contributed by atoms with Gasteiger partial charge in [-0.05, 0) is 55.3 Å². The first-order valence-corrected chi connectivity index (χ1v) is 10.4. The van der Waals surface area contributed by atoms with E-state index in [4.69, 9.17) is 25.8 Å². The highest BCUT2D eigenvalue weighted by molar-refractivity contribution is 6.32. The van der Waals surface area contributed by atoms with Crippen molar-refractivity contribution in [3.05, 3.63) is 71.1 Å². The van der Waals surface area contributed by atoms with Gasteiger partial charge in [-0.3, -0.25) is 9.78 Å². The number of anilines is 1. The molecule has 0 aliphatic heterocycles. The van der Waals surface area contributed by atoms with Gasteiger partial charge in [0.25, 0.3) is 5.91 Å². The van der Waals surface area contributed by atoms with Crippen LogP contribution in [-0.4, -0.2) is 29.1 Å². The molecule has 0 aliphatic carbocycles. The molecule has 0 fully saturated rings. The molecule has 162 valence electrons. The van der Waals surface area contributed by atoms with Crippen LogP contribution >= 0.6 is 11.6 Å². The Hall–Kier alpha value is -3.32. The Morgan fingerprint density at radius 3 is 2.58 bits per heavy atom. The molecule has 0 bridgehead atoms. The van der Waals surface area contributed by atoms with Gasteiger partial charge in [0.05, 0.1) is 18.2 Å². The summed E-state index contributed by atoms with van der Waals surface area (Å²) in [6.45, 7) is 5.08. The summed E-state index contributed by atoms with van der Waals surface area (Å²) in [4.78, 5) is 21.1. The largest absolute Gasteiger partial charge is 0.490 e. The zero-order valence-electron chi connectivity index (χ0n) is 17.4. The van der Waals surface area contributed by atoms with E-state index < -0.39 is 5.91 Å². The molecule has 0 atom stereocenters. The average molecular weight is 442 g/mol. The van der Waals surface area contributed by atoms with E-state index in [0.717, 1.165) is 12.0 Å². The van der Waals surface area contributed by atoms with E-state index in [2.05, 4.69) is 15.3 Å². The number of amides is 1. The Labute approximate surface area is 186 Å². The monoisotopic (exact) mass is 441 g/mol. The second-order valence-electron chi connectivity index (χ2n) is 6.52. The van der Waals surface area contributed by atoms with Gasteiger partial charge in [0, 0.05) is 24.2 Å². The number of pyridine rings is 2. The summed E-state index contributed by atoms with van der Waals surface area (Å²) in [5.74, 6) is 1.22. The Morgan fingerprint density at radius 1 is 1.03 bits per heavy atom. The zero-order chi connectivity index (χ0) is 22.1. The Balaban J connectivity index is 1.78. The van der Waals surface area contributed by atoms with Crippen LogP contribution in [-0.2, 0) is 6.61 Å². The average Bonchev–Trinajstić information content (AvgIpc) is 2.78. The fourth-order valence-corrected chi connectivity index (χ4v) is 2.99. The third-order valence-electron chi connectivity index (χ3n) is 4.17. The third kappa shape index (κ3) is 6.08. The van der Waals surface area contributed by atoms with E-state index in [9.17, 15) is 4.79 Å². The van der Waals surface area contributed by atoms with Gasteiger partial charge in [-0.15, -0.1) is 0 Å². The first-order chi connectivity index (χ1) is 15.1. The number of hydrogen-bond donors (Lipinski definition) is 1. The van der Waals surface area contributed by atoms with Crippen LogP contribution in [0.4, 0.5) is 5.82 Å². The number of halogens is 1. The molecule has 3 aromatic rings. The smallest absolute Gasteiger partial charge is 0.257 e. The zero-order valence-corrected chi connectivity index (χ0v) is 18.2. The van der Waals surface area contributed by atoms with Crippen LogP contribution in [0, 0.1) is 0 Å². The van der Waals surface area contributed by atoms with Crippen molar-refractivity contribution in [3.63, 3.8) is 0 Å². The van der Waals surface area contributed by atoms with Gasteiger partial charge in [0.15, 0.2) is 23.1 Å². The molecule has 0 radical (unpaired) electrons. The van der Waals surface area contributed by atoms with Gasteiger partial charge in [-0.2, -0.15) is 0 Å². The lowest BCUT2D eigenvalue weighted by Crippen LogP contribution is -2.15. The predicted octanol–water partition coefficient (Wildman–Crippen LogP) is 5.15. The highest BCUT2D eigenvalue weighted by Gasteiger charge is 2.18. The predicted molar refractivity (Wildman–Crippen MR) is 119 cm³/mol. The van der Waals surface area contributed by atoms with Crippen LogP contribution in [0.5, 0.6) is 17.2 Å². The number of aromatic nitrogens is 2. The van der Waals surface area contributed by atoms with Gasteiger partial charge in [-0.25, -0.2) is 4.98 Å². The molecule has 0 spiro atoms. The van der Waals surface area contributed by atoms with E-state index >= 15 is 0 Å². The van der Waals surface area contributed by atoms with E-state index in [1.54, 1.807) is 42.9 Å². The normalized spacial score (nSPS) is 10.4. The number of rotatable bonds is 10. The Morgan fingerprint density at radius 2 is 1.84 bits per heavy atom. The molecule has 1 N–H and O–H groups in total. The fourth-order valence-electron chi connectivity index (χ4n) is 2.73. The molecule has 2 aromatic heterocycles. The molecule has 0 unspecified atom stereocenters. The maximum Gasteiger partial charge on any atom is 0.257 e. The minimum absolute atomic E-state index is 0.305. The Bertz CT molecular complexity index is 1010. The topological polar surface area (TPSA) is 82.6 Å². The van der Waals surface area contributed by atoms with Crippen molar-refractivity contribution in [3.8, 4) is 17.2 Å². The maximum absolute atomic E-state index is 12.9. The summed E-state index contributed by atoms with van der Waals surface area (Å²) in [6.07, 6.45) is 5.79. The Kier molecular flexibility index (Phi) is 8.06. The van der Waals surface area contributed by atoms with Crippen LogP contribution < -0.4 is 19.5 Å². The second kappa shape index (κ2) is 11.2. The van der Waals surface area contributed by atoms with E-state index in [-0.39, 0.29) is 0 Å². The summed E-state index contributed by atoms with van der Waals surface area (Å²) in [5.41, 5.74) is 1.27. The summed E-state index contributed by atoms with van der Waals surface area (Å²) in [6, 6.07) is 10.3. The third-order valence-corrected chi connectivity index (χ3v) is 4.45. The van der Waals surface area contributed by atoms with Gasteiger partial charge >= 0.3 is 0 Å². The molecule has 31 heavy (non-hydrogen) atoms. The molecule has 0 aliphatic rings. The van der Waals surface area contributed by atoms with Gasteiger partial charge in [-0.1, -0.05) is 18.5 Å². The van der Waals surface area contributed by atoms with Crippen molar-refractivity contribution in [2.24, 2.45) is 0 Å². The van der Waals surface area contributed by atoms with Crippen LogP contribution in [0.25, 0.3) is 0 Å². The first-order valence-electron chi connectivity index (χ1n) is 9.99. The number of benzene rings is 1. The highest BCUT2D eigenvalue weighted by Crippen LogP contribution is 2.37. The lowest BCUT2D eigenvalue weighted by Gasteiger charge is -2.15. The quantitative estimate of drug-likeness (QED) is 0.468. The summed E-state index contributed by atoms with van der Waals surface area (Å²) < 4.78 is 17.2. The van der Waals surface area contributed by atoms with E-state index in [1.807, 2.05) is 26.0 Å². The second-order valence-corrected chi connectivity index (χ2v) is 6.92. The SMILES string of the molecule is CCCOc1c(Cl)cc(C(=O)Nc2ncccc2OCc2ccncc2)cc1OCC. The van der Waals surface area contributed by atoms with Gasteiger partial charge in [0.2, 0.25) is 0 Å². The molecule has 0 saturated carbocycles. The molecule has 2 heterocycles. The van der Waals surface area contributed by atoms with Crippen molar-refractivity contribution in [1.82, 2.24) is 9.97 Å². The standard InChI is InChI=1S/C23H24ClN3O4/c1-3-12-30-21-18(24)13-17(14-20(21)29-4-2)23(28)27-22-19(6-5-9-26-22)31-15-16-7-10-25-11-8-16/h5-11,13-14H,3-4,12,15H2,1-2H3,(H,26,27,28). The number of nitrogens with zero attached hydrogens (tertiary/aromatic N) is 2. The summed E-state index contributed by atoms with van der Waals surface area (Å²) in [5, 5.41) is 3.09. The lowest BCUT2D eigenvalue weighted by atomic mass is 10.2. The van der Waals surface area contributed by atoms with Crippen molar-refractivity contribution >= 4 is 23.3 Å². The number of ether oxygens (including phenoxy) is 3. The fraction of sp³-hybridized carbons (Fsp3) is 0.261. The number of hydrogen-bond acceptors (Lipinski definition) is 6. The number of nitrogens with one attached hydrogen (secondary N) is 1. The molecular formula is C23H24ClN3O4. The first kappa shape index (κ1) is 22.4. The van der Waals surface area contributed by atoms with Crippen LogP contribution in [0.3, 0.4) is 0 Å². The van der Waals surface area contributed by atoms with E-state index in [0.29, 0.717) is 53.5 Å². The molecule has 1 aromatic carbocycles. The molecule has 7 nitrogen and oxygen atoms in total. The number of carbonyl (C=O) groups is 1. The summed E-state index contributed by atoms with van der Waals surface area (Å²) in [7, 11) is 0. The van der Waals surface area contributed by atoms with Gasteiger partial charge < -0.3 is 19.5 Å². The van der Waals surface area contributed by atoms with Crippen molar-refractivity contribution < 1.29 is 19.0 Å². The summed E-state index contributed by atoms with van der Waals surface area (Å²) >= 11 is 6.37. The molecule has 8 heteroatoms. The minimum atomic E-state index is -0.391. The molecule has 1 amide bonds.